The maximum absolute atomic E-state index is 13.8. The average molecular weight is 563 g/mol. The molecule has 2 aliphatic heterocycles. The van der Waals surface area contributed by atoms with E-state index in [2.05, 4.69) is 10.2 Å². The van der Waals surface area contributed by atoms with Crippen LogP contribution in [0, 0.1) is 0 Å². The van der Waals surface area contributed by atoms with E-state index in [4.69, 9.17) is 11.6 Å². The highest BCUT2D eigenvalue weighted by atomic mass is 35.5. The van der Waals surface area contributed by atoms with Gasteiger partial charge in [-0.15, -0.1) is 0 Å². The van der Waals surface area contributed by atoms with Gasteiger partial charge in [0.15, 0.2) is 0 Å². The van der Waals surface area contributed by atoms with Crippen molar-refractivity contribution in [2.24, 2.45) is 7.05 Å². The molecule has 0 radical (unpaired) electrons. The van der Waals surface area contributed by atoms with Gasteiger partial charge in [0.1, 0.15) is 5.69 Å². The average Bonchev–Trinajstić information content (AvgIpc) is 3.25. The van der Waals surface area contributed by atoms with Crippen LogP contribution in [0.5, 0.6) is 0 Å². The second kappa shape index (κ2) is 9.51. The molecule has 4 heterocycles. The Balaban J connectivity index is 1.48. The van der Waals surface area contributed by atoms with Crippen molar-refractivity contribution in [1.29, 1.82) is 0 Å². The lowest BCUT2D eigenvalue weighted by atomic mass is 9.96. The number of benzene rings is 1. The maximum atomic E-state index is 13.8. The van der Waals surface area contributed by atoms with E-state index in [0.717, 1.165) is 12.1 Å². The van der Waals surface area contributed by atoms with E-state index in [9.17, 15) is 27.6 Å². The normalized spacial score (nSPS) is 20.1. The van der Waals surface area contributed by atoms with Gasteiger partial charge in [0.05, 0.1) is 41.1 Å². The Morgan fingerprint density at radius 1 is 1.15 bits per heavy atom. The third-order valence-corrected chi connectivity index (χ3v) is 7.83. The topological polar surface area (TPSA) is 93.3 Å². The summed E-state index contributed by atoms with van der Waals surface area (Å²) in [6.45, 7) is 5.91. The van der Waals surface area contributed by atoms with Crippen LogP contribution in [0.3, 0.4) is 0 Å². The van der Waals surface area contributed by atoms with Crippen LogP contribution in [-0.4, -0.2) is 53.8 Å². The Bertz CT molecular complexity index is 1550. The second-order valence-corrected chi connectivity index (χ2v) is 10.5. The minimum atomic E-state index is -4.71. The van der Waals surface area contributed by atoms with Gasteiger partial charge in [-0.3, -0.25) is 19.1 Å². The van der Waals surface area contributed by atoms with Gasteiger partial charge in [0.25, 0.3) is 17.4 Å². The lowest BCUT2D eigenvalue weighted by molar-refractivity contribution is -0.137. The molecule has 0 fully saturated rings. The molecule has 2 aromatic heterocycles. The molecule has 5 rings (SSSR count). The van der Waals surface area contributed by atoms with Gasteiger partial charge in [0, 0.05) is 43.2 Å². The predicted octanol–water partition coefficient (Wildman–Crippen LogP) is 4.01. The number of halogens is 4. The van der Waals surface area contributed by atoms with E-state index < -0.39 is 28.7 Å². The number of nitrogens with zero attached hydrogens (tertiary/aromatic N) is 6. The number of hydrogen-bond donors (Lipinski definition) is 0. The fourth-order valence-corrected chi connectivity index (χ4v) is 5.45. The predicted molar refractivity (Wildman–Crippen MR) is 135 cm³/mol. The van der Waals surface area contributed by atoms with Crippen molar-refractivity contribution in [3.8, 4) is 0 Å². The van der Waals surface area contributed by atoms with Crippen molar-refractivity contribution in [3.63, 3.8) is 0 Å². The Labute approximate surface area is 226 Å². The molecule has 0 saturated heterocycles. The van der Waals surface area contributed by atoms with Crippen molar-refractivity contribution in [2.75, 3.05) is 6.54 Å². The molecule has 3 aromatic rings. The van der Waals surface area contributed by atoms with E-state index in [0.29, 0.717) is 35.5 Å². The van der Waals surface area contributed by atoms with Gasteiger partial charge in [0.2, 0.25) is 0 Å². The van der Waals surface area contributed by atoms with Crippen molar-refractivity contribution in [2.45, 2.75) is 58.0 Å². The zero-order valence-corrected chi connectivity index (χ0v) is 22.4. The van der Waals surface area contributed by atoms with Crippen LogP contribution in [0.15, 0.2) is 35.3 Å². The van der Waals surface area contributed by atoms with E-state index in [1.165, 1.54) is 28.8 Å². The number of alkyl halides is 3. The fourth-order valence-electron chi connectivity index (χ4n) is 5.23. The Morgan fingerprint density at radius 3 is 2.54 bits per heavy atom. The number of aromatic nitrogens is 4. The zero-order valence-electron chi connectivity index (χ0n) is 21.7. The summed E-state index contributed by atoms with van der Waals surface area (Å²) < 4.78 is 43.1. The number of amides is 2. The quantitative estimate of drug-likeness (QED) is 0.481. The Morgan fingerprint density at radius 2 is 1.87 bits per heavy atom. The summed E-state index contributed by atoms with van der Waals surface area (Å²) >= 11 is 5.74. The van der Waals surface area contributed by atoms with Crippen molar-refractivity contribution >= 4 is 23.4 Å². The number of carbonyl (C=O) groups is 2. The maximum Gasteiger partial charge on any atom is 0.417 e. The summed E-state index contributed by atoms with van der Waals surface area (Å²) in [5.74, 6) is -0.897. The largest absolute Gasteiger partial charge is 0.417 e. The van der Waals surface area contributed by atoms with Crippen LogP contribution >= 0.6 is 11.6 Å². The van der Waals surface area contributed by atoms with E-state index >= 15 is 0 Å². The molecule has 13 heteroatoms. The van der Waals surface area contributed by atoms with Gasteiger partial charge >= 0.3 is 6.18 Å². The number of rotatable bonds is 3. The number of fused-ring (bicyclic) bond motifs is 3. The molecule has 0 N–H and O–H groups in total. The van der Waals surface area contributed by atoms with Crippen LogP contribution in [0.2, 0.25) is 5.02 Å². The molecule has 0 bridgehead atoms. The summed E-state index contributed by atoms with van der Waals surface area (Å²) in [5.41, 5.74) is 0.663. The van der Waals surface area contributed by atoms with Gasteiger partial charge in [-0.25, -0.2) is 4.68 Å². The van der Waals surface area contributed by atoms with Gasteiger partial charge < -0.3 is 9.80 Å². The molecule has 1 aromatic carbocycles. The second-order valence-electron chi connectivity index (χ2n) is 10.1. The van der Waals surface area contributed by atoms with Crippen LogP contribution in [-0.2, 0) is 26.2 Å². The highest BCUT2D eigenvalue weighted by Crippen LogP contribution is 2.37. The monoisotopic (exact) mass is 562 g/mol. The molecule has 0 saturated carbocycles. The van der Waals surface area contributed by atoms with Crippen LogP contribution in [0.4, 0.5) is 13.2 Å². The first kappa shape index (κ1) is 26.9. The number of aryl methyl sites for hydroxylation is 1. The first-order valence-corrected chi connectivity index (χ1v) is 12.8. The highest BCUT2D eigenvalue weighted by Gasteiger charge is 2.41. The SMILES string of the molecule is CC(c1cnn(C)c(=O)c1)N1C[C@@H](C)n2nc3c(c2C1=O)CN(C(=O)c1ccc(Cl)c(C(F)(F)F)c1)[C@H](C)C3. The highest BCUT2D eigenvalue weighted by molar-refractivity contribution is 6.31. The molecule has 206 valence electrons. The smallest absolute Gasteiger partial charge is 0.331 e. The Kier molecular flexibility index (Phi) is 6.56. The Hall–Kier alpha value is -3.67. The minimum absolute atomic E-state index is 0.0166. The summed E-state index contributed by atoms with van der Waals surface area (Å²) in [6, 6.07) is 3.54. The number of hydrogen-bond acceptors (Lipinski definition) is 5. The molecule has 2 amide bonds. The first-order chi connectivity index (χ1) is 18.3. The standard InChI is InChI=1S/C26H26ClF3N6O3/c1-13-7-21-18(12-34(13)24(38)16-5-6-20(27)19(8-16)26(28,29)30)23-25(39)35(11-14(2)36(23)32-21)15(3)17-9-22(37)33(4)31-10-17/h5-6,8-10,13-15H,7,11-12H2,1-4H3/t13-,14-,15?/m1/s1. The summed E-state index contributed by atoms with van der Waals surface area (Å²) in [4.78, 5) is 42.5. The molecule has 39 heavy (non-hydrogen) atoms. The minimum Gasteiger partial charge on any atom is -0.331 e. The van der Waals surface area contributed by atoms with Crippen molar-refractivity contribution < 1.29 is 22.8 Å². The third kappa shape index (κ3) is 4.60. The van der Waals surface area contributed by atoms with Crippen LogP contribution in [0.1, 0.15) is 76.1 Å². The van der Waals surface area contributed by atoms with E-state index in [-0.39, 0.29) is 35.7 Å². The fraction of sp³-hybridized carbons (Fsp3) is 0.423. The van der Waals surface area contributed by atoms with Crippen LogP contribution < -0.4 is 5.56 Å². The summed E-state index contributed by atoms with van der Waals surface area (Å²) in [5, 5.41) is 8.26. The lowest BCUT2D eigenvalue weighted by Crippen LogP contribution is -2.45. The zero-order chi connectivity index (χ0) is 28.4. The van der Waals surface area contributed by atoms with E-state index in [1.54, 1.807) is 22.7 Å². The molecular weight excluding hydrogens is 537 g/mol. The van der Waals surface area contributed by atoms with Crippen molar-refractivity contribution in [3.05, 3.63) is 79.5 Å². The van der Waals surface area contributed by atoms with Gasteiger partial charge in [-0.05, 0) is 44.5 Å². The van der Waals surface area contributed by atoms with Gasteiger partial charge in [-0.1, -0.05) is 11.6 Å². The first-order valence-electron chi connectivity index (χ1n) is 12.4. The molecule has 9 nitrogen and oxygen atoms in total. The van der Waals surface area contributed by atoms with Crippen molar-refractivity contribution in [1.82, 2.24) is 29.4 Å². The molecule has 0 aliphatic carbocycles. The number of carbonyl (C=O) groups excluding carboxylic acids is 2. The summed E-state index contributed by atoms with van der Waals surface area (Å²) in [7, 11) is 1.54. The molecule has 2 aliphatic rings. The molecular formula is C26H26ClF3N6O3. The van der Waals surface area contributed by atoms with Crippen LogP contribution in [0.25, 0.3) is 0 Å². The molecule has 3 atom stereocenters. The summed E-state index contributed by atoms with van der Waals surface area (Å²) in [6.07, 6.45) is -2.82. The molecule has 0 spiro atoms. The van der Waals surface area contributed by atoms with Gasteiger partial charge in [-0.2, -0.15) is 23.4 Å². The van der Waals surface area contributed by atoms with E-state index in [1.807, 2.05) is 13.8 Å². The third-order valence-electron chi connectivity index (χ3n) is 7.50. The molecule has 1 unspecified atom stereocenters. The lowest BCUT2D eigenvalue weighted by Gasteiger charge is -2.37.